The van der Waals surface area contributed by atoms with Crippen LogP contribution in [0.2, 0.25) is 0 Å². The number of aromatic nitrogens is 3. The van der Waals surface area contributed by atoms with Crippen LogP contribution in [0, 0.1) is 0 Å². The summed E-state index contributed by atoms with van der Waals surface area (Å²) in [6.07, 6.45) is 4.99. The third-order valence-corrected chi connectivity index (χ3v) is 4.77. The van der Waals surface area contributed by atoms with Gasteiger partial charge in [0.25, 0.3) is 0 Å². The summed E-state index contributed by atoms with van der Waals surface area (Å²) in [4.78, 5) is 26.1. The first-order chi connectivity index (χ1) is 12.1. The Hall–Kier alpha value is -2.93. The van der Waals surface area contributed by atoms with E-state index in [1.165, 1.54) is 6.20 Å². The Bertz CT molecular complexity index is 1010. The summed E-state index contributed by atoms with van der Waals surface area (Å²) in [6.45, 7) is 5.08. The molecule has 0 radical (unpaired) electrons. The molecule has 2 aromatic heterocycles. The maximum Gasteiger partial charge on any atom is 0.341 e. The van der Waals surface area contributed by atoms with Gasteiger partial charge in [-0.15, -0.1) is 0 Å². The zero-order valence-electron chi connectivity index (χ0n) is 13.8. The normalized spacial score (nSPS) is 15.4. The minimum absolute atomic E-state index is 0.243. The predicted molar refractivity (Wildman–Crippen MR) is 93.4 cm³/mol. The average molecular weight is 338 g/mol. The van der Waals surface area contributed by atoms with Crippen molar-refractivity contribution < 1.29 is 9.90 Å². The van der Waals surface area contributed by atoms with E-state index in [-0.39, 0.29) is 5.56 Å². The lowest BCUT2D eigenvalue weighted by atomic mass is 10.1. The predicted octanol–water partition coefficient (Wildman–Crippen LogP) is 1.76. The molecule has 128 valence electrons. The number of carbonyl (C=O) groups is 1. The number of likely N-dealkylation sites (tertiary alicyclic amines) is 1. The number of carboxylic acid groups (broad SMARTS) is 1. The fraction of sp³-hybridized carbons (Fsp3) is 0.278. The summed E-state index contributed by atoms with van der Waals surface area (Å²) in [6, 6.07) is 7.35. The van der Waals surface area contributed by atoms with Crippen LogP contribution in [0.3, 0.4) is 0 Å². The molecule has 0 aliphatic carbocycles. The van der Waals surface area contributed by atoms with Crippen molar-refractivity contribution in [2.45, 2.75) is 13.0 Å². The van der Waals surface area contributed by atoms with E-state index >= 15 is 0 Å². The Morgan fingerprint density at radius 3 is 2.76 bits per heavy atom. The number of nitrogens with zero attached hydrogens (tertiary/aromatic N) is 4. The molecule has 1 saturated heterocycles. The number of aromatic carboxylic acids is 1. The summed E-state index contributed by atoms with van der Waals surface area (Å²) in [7, 11) is 0. The second-order valence-corrected chi connectivity index (χ2v) is 6.25. The van der Waals surface area contributed by atoms with E-state index in [4.69, 9.17) is 0 Å². The second kappa shape index (κ2) is 5.86. The Morgan fingerprint density at radius 1 is 1.28 bits per heavy atom. The molecule has 7 nitrogen and oxygen atoms in total. The number of pyridine rings is 1. The zero-order chi connectivity index (χ0) is 17.6. The van der Waals surface area contributed by atoms with Crippen LogP contribution in [0.15, 0.2) is 47.7 Å². The smallest absolute Gasteiger partial charge is 0.341 e. The van der Waals surface area contributed by atoms with Crippen LogP contribution in [0.4, 0.5) is 0 Å². The van der Waals surface area contributed by atoms with Crippen LogP contribution >= 0.6 is 0 Å². The van der Waals surface area contributed by atoms with Crippen LogP contribution in [0.25, 0.3) is 16.6 Å². The first-order valence-electron chi connectivity index (χ1n) is 8.23. The molecule has 1 aliphatic heterocycles. The van der Waals surface area contributed by atoms with Crippen molar-refractivity contribution in [1.82, 2.24) is 19.2 Å². The molecule has 3 aromatic rings. The molecule has 3 heterocycles. The van der Waals surface area contributed by atoms with Crippen molar-refractivity contribution in [2.24, 2.45) is 0 Å². The van der Waals surface area contributed by atoms with E-state index in [9.17, 15) is 14.7 Å². The molecular formula is C18H18N4O3. The van der Waals surface area contributed by atoms with Gasteiger partial charge in [-0.05, 0) is 18.7 Å². The van der Waals surface area contributed by atoms with Gasteiger partial charge in [0, 0.05) is 30.9 Å². The number of hydrogen-bond acceptors (Lipinski definition) is 4. The molecule has 0 bridgehead atoms. The van der Waals surface area contributed by atoms with Gasteiger partial charge in [-0.2, -0.15) is 5.10 Å². The summed E-state index contributed by atoms with van der Waals surface area (Å²) in [5.41, 5.74) is 0.700. The largest absolute Gasteiger partial charge is 0.477 e. The number of hydrogen-bond donors (Lipinski definition) is 1. The average Bonchev–Trinajstić information content (AvgIpc) is 3.03. The first-order valence-corrected chi connectivity index (χ1v) is 8.23. The molecule has 1 N–H and O–H groups in total. The van der Waals surface area contributed by atoms with Gasteiger partial charge in [-0.3, -0.25) is 14.4 Å². The van der Waals surface area contributed by atoms with E-state index in [1.54, 1.807) is 22.9 Å². The topological polar surface area (TPSA) is 80.4 Å². The quantitative estimate of drug-likeness (QED) is 0.784. The second-order valence-electron chi connectivity index (χ2n) is 6.25. The number of para-hydroxylation sites is 1. The van der Waals surface area contributed by atoms with Crippen LogP contribution in [-0.4, -0.2) is 50.0 Å². The number of rotatable bonds is 4. The molecule has 0 amide bonds. The van der Waals surface area contributed by atoms with Gasteiger partial charge in [0.1, 0.15) is 5.56 Å². The minimum atomic E-state index is -1.23. The van der Waals surface area contributed by atoms with Gasteiger partial charge >= 0.3 is 5.97 Å². The lowest BCUT2D eigenvalue weighted by Crippen LogP contribution is -2.47. The third kappa shape index (κ3) is 2.53. The fourth-order valence-electron chi connectivity index (χ4n) is 3.26. The highest BCUT2D eigenvalue weighted by Crippen LogP contribution is 2.23. The van der Waals surface area contributed by atoms with Crippen LogP contribution in [0.1, 0.15) is 23.3 Å². The molecule has 4 rings (SSSR count). The summed E-state index contributed by atoms with van der Waals surface area (Å²) in [5.74, 6) is -1.23. The van der Waals surface area contributed by atoms with Gasteiger partial charge in [-0.25, -0.2) is 4.79 Å². The van der Waals surface area contributed by atoms with Crippen molar-refractivity contribution >= 4 is 16.9 Å². The molecule has 25 heavy (non-hydrogen) atoms. The molecular weight excluding hydrogens is 320 g/mol. The van der Waals surface area contributed by atoms with E-state index in [1.807, 2.05) is 23.0 Å². The number of benzene rings is 1. The van der Waals surface area contributed by atoms with Crippen molar-refractivity contribution in [3.05, 3.63) is 58.6 Å². The molecule has 1 aliphatic rings. The Balaban J connectivity index is 1.82. The lowest BCUT2D eigenvalue weighted by molar-refractivity contribution is 0.0695. The summed E-state index contributed by atoms with van der Waals surface area (Å²) >= 11 is 0. The summed E-state index contributed by atoms with van der Waals surface area (Å²) in [5, 5.41) is 14.2. The maximum absolute atomic E-state index is 12.4. The molecule has 0 atom stereocenters. The highest BCUT2D eigenvalue weighted by molar-refractivity contribution is 5.93. The zero-order valence-corrected chi connectivity index (χ0v) is 13.8. The van der Waals surface area contributed by atoms with E-state index < -0.39 is 11.4 Å². The monoisotopic (exact) mass is 338 g/mol. The molecule has 0 saturated carbocycles. The van der Waals surface area contributed by atoms with Gasteiger partial charge in [-0.1, -0.05) is 19.1 Å². The molecule has 7 heteroatoms. The Kier molecular flexibility index (Phi) is 3.65. The van der Waals surface area contributed by atoms with E-state index in [2.05, 4.69) is 16.9 Å². The van der Waals surface area contributed by atoms with Gasteiger partial charge < -0.3 is 9.67 Å². The van der Waals surface area contributed by atoms with Crippen molar-refractivity contribution in [1.29, 1.82) is 0 Å². The number of fused-ring (bicyclic) bond motifs is 1. The highest BCUT2D eigenvalue weighted by atomic mass is 16.4. The van der Waals surface area contributed by atoms with Crippen LogP contribution in [-0.2, 0) is 0 Å². The molecule has 0 spiro atoms. The lowest BCUT2D eigenvalue weighted by Gasteiger charge is -2.38. The SMILES string of the molecule is CCN1CC(n2cc(-n3cc(C(=O)O)c(=O)c4ccccc43)cn2)C1. The number of carboxylic acids is 1. The Morgan fingerprint density at radius 2 is 2.04 bits per heavy atom. The maximum atomic E-state index is 12.4. The van der Waals surface area contributed by atoms with Crippen molar-refractivity contribution in [3.8, 4) is 5.69 Å². The molecule has 1 aromatic carbocycles. The standard InChI is InChI=1S/C18H18N4O3/c1-2-20-8-13(9-20)22-10-12(7-19-22)21-11-15(18(24)25)17(23)14-5-3-4-6-16(14)21/h3-7,10-11,13H,2,8-9H2,1H3,(H,24,25). The molecule has 0 unspecified atom stereocenters. The van der Waals surface area contributed by atoms with Crippen LogP contribution < -0.4 is 5.43 Å². The first kappa shape index (κ1) is 15.6. The van der Waals surface area contributed by atoms with Crippen molar-refractivity contribution in [3.63, 3.8) is 0 Å². The summed E-state index contributed by atoms with van der Waals surface area (Å²) < 4.78 is 3.63. The van der Waals surface area contributed by atoms with Gasteiger partial charge in [0.15, 0.2) is 0 Å². The Labute approximate surface area is 143 Å². The highest BCUT2D eigenvalue weighted by Gasteiger charge is 2.27. The fourth-order valence-corrected chi connectivity index (χ4v) is 3.26. The molecule has 1 fully saturated rings. The van der Waals surface area contributed by atoms with Crippen LogP contribution in [0.5, 0.6) is 0 Å². The van der Waals surface area contributed by atoms with E-state index in [0.717, 1.165) is 25.3 Å². The van der Waals surface area contributed by atoms with E-state index in [0.29, 0.717) is 16.9 Å². The van der Waals surface area contributed by atoms with Gasteiger partial charge in [0.2, 0.25) is 5.43 Å². The number of likely N-dealkylation sites (N-methyl/N-ethyl adjacent to an activating group) is 1. The minimum Gasteiger partial charge on any atom is -0.477 e. The third-order valence-electron chi connectivity index (χ3n) is 4.77. The van der Waals surface area contributed by atoms with Crippen molar-refractivity contribution in [2.75, 3.05) is 19.6 Å². The van der Waals surface area contributed by atoms with Gasteiger partial charge in [0.05, 0.1) is 23.4 Å².